The van der Waals surface area contributed by atoms with Crippen LogP contribution < -0.4 is 4.74 Å². The van der Waals surface area contributed by atoms with Crippen molar-refractivity contribution in [2.45, 2.75) is 17.9 Å². The Morgan fingerprint density at radius 1 is 0.914 bits per heavy atom. The summed E-state index contributed by atoms with van der Waals surface area (Å²) in [6.45, 7) is 2.85. The fourth-order valence-corrected chi connectivity index (χ4v) is 6.01. The maximum atomic E-state index is 13.6. The molecule has 5 rings (SSSR count). The Morgan fingerprint density at radius 2 is 1.74 bits per heavy atom. The molecule has 3 aromatic carbocycles. The average molecular weight is 495 g/mol. The fourth-order valence-electron chi connectivity index (χ4n) is 4.50. The van der Waals surface area contributed by atoms with Gasteiger partial charge in [-0.3, -0.25) is 4.90 Å². The summed E-state index contributed by atoms with van der Waals surface area (Å²) in [6.07, 6.45) is 0.729. The SMILES string of the molecule is COc1cccc(S(=O)(=O)N2CCCN(Cc3cc4cc(-c5cccc(F)c5)ccc4o3)CC2)c1. The normalized spacial score (nSPS) is 15.8. The summed E-state index contributed by atoms with van der Waals surface area (Å²) < 4.78 is 52.8. The smallest absolute Gasteiger partial charge is 0.243 e. The molecular formula is C27H27FN2O4S. The third kappa shape index (κ3) is 5.10. The minimum Gasteiger partial charge on any atom is -0.497 e. The van der Waals surface area contributed by atoms with E-state index in [2.05, 4.69) is 4.90 Å². The van der Waals surface area contributed by atoms with E-state index >= 15 is 0 Å². The molecular weight excluding hydrogens is 467 g/mol. The molecule has 0 unspecified atom stereocenters. The molecule has 1 aliphatic heterocycles. The van der Waals surface area contributed by atoms with E-state index in [1.165, 1.54) is 19.2 Å². The number of hydrogen-bond acceptors (Lipinski definition) is 5. The van der Waals surface area contributed by atoms with Gasteiger partial charge in [0.05, 0.1) is 18.6 Å². The summed E-state index contributed by atoms with van der Waals surface area (Å²) in [4.78, 5) is 2.46. The van der Waals surface area contributed by atoms with Crippen molar-refractivity contribution in [1.29, 1.82) is 0 Å². The number of ether oxygens (including phenoxy) is 1. The van der Waals surface area contributed by atoms with Crippen molar-refractivity contribution in [3.63, 3.8) is 0 Å². The lowest BCUT2D eigenvalue weighted by atomic mass is 10.0. The molecule has 0 aliphatic carbocycles. The lowest BCUT2D eigenvalue weighted by Crippen LogP contribution is -2.35. The van der Waals surface area contributed by atoms with Crippen LogP contribution in [0.4, 0.5) is 4.39 Å². The highest BCUT2D eigenvalue weighted by atomic mass is 32.2. The van der Waals surface area contributed by atoms with E-state index in [1.54, 1.807) is 34.6 Å². The molecule has 0 atom stereocenters. The maximum absolute atomic E-state index is 13.6. The van der Waals surface area contributed by atoms with E-state index in [0.29, 0.717) is 31.9 Å². The number of hydrogen-bond donors (Lipinski definition) is 0. The van der Waals surface area contributed by atoms with Crippen LogP contribution in [0.2, 0.25) is 0 Å². The minimum atomic E-state index is -3.59. The van der Waals surface area contributed by atoms with E-state index in [4.69, 9.17) is 9.15 Å². The van der Waals surface area contributed by atoms with E-state index in [9.17, 15) is 12.8 Å². The van der Waals surface area contributed by atoms with Gasteiger partial charge in [0.2, 0.25) is 10.0 Å². The first kappa shape index (κ1) is 23.5. The standard InChI is InChI=1S/C27H27FN2O4S/c1-33-24-7-3-8-26(18-24)35(31,32)30-12-4-11-29(13-14-30)19-25-17-22-15-21(9-10-27(22)34-25)20-5-2-6-23(28)16-20/h2-3,5-10,15-18H,4,11-14,19H2,1H3. The second-order valence-electron chi connectivity index (χ2n) is 8.69. The second-order valence-corrected chi connectivity index (χ2v) is 10.6. The summed E-state index contributed by atoms with van der Waals surface area (Å²) in [7, 11) is -2.07. The molecule has 0 spiro atoms. The van der Waals surface area contributed by atoms with Crippen LogP contribution in [0, 0.1) is 5.82 Å². The van der Waals surface area contributed by atoms with Crippen LogP contribution in [-0.4, -0.2) is 50.9 Å². The molecule has 0 saturated carbocycles. The van der Waals surface area contributed by atoms with E-state index in [1.807, 2.05) is 30.3 Å². The van der Waals surface area contributed by atoms with Gasteiger partial charge in [-0.2, -0.15) is 4.31 Å². The van der Waals surface area contributed by atoms with Crippen LogP contribution in [0.5, 0.6) is 5.75 Å². The Labute approximate surface area is 204 Å². The fraction of sp³-hybridized carbons (Fsp3) is 0.259. The van der Waals surface area contributed by atoms with Crippen molar-refractivity contribution in [3.05, 3.63) is 84.4 Å². The van der Waals surface area contributed by atoms with Crippen LogP contribution in [-0.2, 0) is 16.6 Å². The van der Waals surface area contributed by atoms with Crippen LogP contribution in [0.25, 0.3) is 22.1 Å². The average Bonchev–Trinajstić information content (AvgIpc) is 3.11. The van der Waals surface area contributed by atoms with Gasteiger partial charge in [0.15, 0.2) is 0 Å². The van der Waals surface area contributed by atoms with Gasteiger partial charge >= 0.3 is 0 Å². The van der Waals surface area contributed by atoms with Gasteiger partial charge in [-0.1, -0.05) is 24.3 Å². The van der Waals surface area contributed by atoms with Crippen molar-refractivity contribution in [2.75, 3.05) is 33.3 Å². The van der Waals surface area contributed by atoms with E-state index in [0.717, 1.165) is 40.8 Å². The molecule has 0 radical (unpaired) electrons. The number of halogens is 1. The lowest BCUT2D eigenvalue weighted by Gasteiger charge is -2.21. The first-order valence-electron chi connectivity index (χ1n) is 11.6. The lowest BCUT2D eigenvalue weighted by molar-refractivity contribution is 0.258. The number of furan rings is 1. The third-order valence-electron chi connectivity index (χ3n) is 6.33. The van der Waals surface area contributed by atoms with Gasteiger partial charge in [-0.25, -0.2) is 12.8 Å². The first-order chi connectivity index (χ1) is 16.9. The number of benzene rings is 3. The molecule has 0 N–H and O–H groups in total. The molecule has 6 nitrogen and oxygen atoms in total. The summed E-state index contributed by atoms with van der Waals surface area (Å²) in [5.41, 5.74) is 2.52. The van der Waals surface area contributed by atoms with Gasteiger partial charge < -0.3 is 9.15 Å². The number of sulfonamides is 1. The third-order valence-corrected chi connectivity index (χ3v) is 8.23. The molecule has 1 aliphatic rings. The van der Waals surface area contributed by atoms with Crippen LogP contribution in [0.3, 0.4) is 0 Å². The minimum absolute atomic E-state index is 0.247. The maximum Gasteiger partial charge on any atom is 0.243 e. The van der Waals surface area contributed by atoms with Gasteiger partial charge in [-0.05, 0) is 66.6 Å². The molecule has 1 fully saturated rings. The van der Waals surface area contributed by atoms with Gasteiger partial charge in [0.25, 0.3) is 0 Å². The highest BCUT2D eigenvalue weighted by Crippen LogP contribution is 2.28. The van der Waals surface area contributed by atoms with Gasteiger partial charge in [0, 0.05) is 31.1 Å². The van der Waals surface area contributed by atoms with Gasteiger partial charge in [-0.15, -0.1) is 0 Å². The molecule has 182 valence electrons. The van der Waals surface area contributed by atoms with Crippen molar-refractivity contribution in [3.8, 4) is 16.9 Å². The molecule has 0 amide bonds. The van der Waals surface area contributed by atoms with E-state index < -0.39 is 10.0 Å². The monoisotopic (exact) mass is 494 g/mol. The molecule has 0 bridgehead atoms. The highest BCUT2D eigenvalue weighted by molar-refractivity contribution is 7.89. The quantitative estimate of drug-likeness (QED) is 0.371. The predicted molar refractivity (Wildman–Crippen MR) is 133 cm³/mol. The summed E-state index contributed by atoms with van der Waals surface area (Å²) >= 11 is 0. The van der Waals surface area contributed by atoms with E-state index in [-0.39, 0.29) is 10.7 Å². The zero-order chi connectivity index (χ0) is 24.4. The molecule has 35 heavy (non-hydrogen) atoms. The Bertz CT molecular complexity index is 1450. The number of rotatable bonds is 6. The van der Waals surface area contributed by atoms with Crippen LogP contribution >= 0.6 is 0 Å². The second kappa shape index (κ2) is 9.81. The molecule has 4 aromatic rings. The molecule has 2 heterocycles. The number of methoxy groups -OCH3 is 1. The van der Waals surface area contributed by atoms with Crippen molar-refractivity contribution >= 4 is 21.0 Å². The Morgan fingerprint density at radius 3 is 2.57 bits per heavy atom. The largest absolute Gasteiger partial charge is 0.497 e. The van der Waals surface area contributed by atoms with Gasteiger partial charge in [0.1, 0.15) is 22.9 Å². The Kier molecular flexibility index (Phi) is 6.60. The number of fused-ring (bicyclic) bond motifs is 1. The van der Waals surface area contributed by atoms with Crippen molar-refractivity contribution in [1.82, 2.24) is 9.21 Å². The molecule has 8 heteroatoms. The summed E-state index contributed by atoms with van der Waals surface area (Å²) in [5.74, 6) is 1.08. The summed E-state index contributed by atoms with van der Waals surface area (Å²) in [5, 5.41) is 0.957. The summed E-state index contributed by atoms with van der Waals surface area (Å²) in [6, 6.07) is 21.0. The zero-order valence-electron chi connectivity index (χ0n) is 19.5. The van der Waals surface area contributed by atoms with Crippen molar-refractivity contribution in [2.24, 2.45) is 0 Å². The first-order valence-corrected chi connectivity index (χ1v) is 13.0. The Balaban J connectivity index is 1.28. The predicted octanol–water partition coefficient (Wildman–Crippen LogP) is 5.14. The topological polar surface area (TPSA) is 63.0 Å². The van der Waals surface area contributed by atoms with Crippen molar-refractivity contribution < 1.29 is 22.0 Å². The van der Waals surface area contributed by atoms with Crippen LogP contribution in [0.15, 0.2) is 82.1 Å². The highest BCUT2D eigenvalue weighted by Gasteiger charge is 2.27. The Hall–Kier alpha value is -3.20. The molecule has 1 aromatic heterocycles. The molecule has 1 saturated heterocycles. The zero-order valence-corrected chi connectivity index (χ0v) is 20.3. The number of nitrogens with zero attached hydrogens (tertiary/aromatic N) is 2. The van der Waals surface area contributed by atoms with Crippen LogP contribution in [0.1, 0.15) is 12.2 Å².